The minimum Gasteiger partial charge on any atom is -0.326 e. The lowest BCUT2D eigenvalue weighted by Gasteiger charge is -2.32. The van der Waals surface area contributed by atoms with Crippen molar-refractivity contribution in [3.63, 3.8) is 0 Å². The van der Waals surface area contributed by atoms with Gasteiger partial charge >= 0.3 is 0 Å². The normalized spacial score (nSPS) is 17.5. The Morgan fingerprint density at radius 2 is 1.71 bits per heavy atom. The molecular formula is C19H24N2. The number of fused-ring (bicyclic) bond motifs is 1. The van der Waals surface area contributed by atoms with Crippen LogP contribution in [0.4, 0.5) is 0 Å². The number of nitrogens with zero attached hydrogens (tertiary/aromatic N) is 1. The van der Waals surface area contributed by atoms with Gasteiger partial charge in [-0.05, 0) is 30.0 Å². The Morgan fingerprint density at radius 3 is 2.29 bits per heavy atom. The lowest BCUT2D eigenvalue weighted by atomic mass is 9.95. The molecule has 0 radical (unpaired) electrons. The first-order chi connectivity index (χ1) is 10.2. The molecule has 2 aromatic carbocycles. The van der Waals surface area contributed by atoms with Gasteiger partial charge in [-0.2, -0.15) is 0 Å². The molecule has 2 N–H and O–H groups in total. The Bertz CT molecular complexity index is 595. The fraction of sp³-hybridized carbons (Fsp3) is 0.368. The SMILES string of the molecule is CCC(N)C(c1cccc(C)c1)N1Cc2ccccc2C1. The van der Waals surface area contributed by atoms with E-state index in [1.165, 1.54) is 22.3 Å². The number of hydrogen-bond donors (Lipinski definition) is 1. The van der Waals surface area contributed by atoms with Crippen LogP contribution in [0.25, 0.3) is 0 Å². The molecule has 1 heterocycles. The Morgan fingerprint density at radius 1 is 1.05 bits per heavy atom. The molecule has 1 aliphatic rings. The van der Waals surface area contributed by atoms with Crippen LogP contribution in [-0.2, 0) is 13.1 Å². The highest BCUT2D eigenvalue weighted by molar-refractivity contribution is 5.33. The second-order valence-electron chi connectivity index (χ2n) is 6.10. The second-order valence-corrected chi connectivity index (χ2v) is 6.10. The third kappa shape index (κ3) is 2.87. The predicted octanol–water partition coefficient (Wildman–Crippen LogP) is 3.79. The molecule has 0 aliphatic carbocycles. The summed E-state index contributed by atoms with van der Waals surface area (Å²) < 4.78 is 0. The molecule has 0 bridgehead atoms. The smallest absolute Gasteiger partial charge is 0.0506 e. The molecule has 0 fully saturated rings. The first-order valence-electron chi connectivity index (χ1n) is 7.82. The van der Waals surface area contributed by atoms with Gasteiger partial charge in [0.05, 0.1) is 6.04 Å². The first-order valence-corrected chi connectivity index (χ1v) is 7.82. The molecule has 0 amide bonds. The van der Waals surface area contributed by atoms with E-state index in [4.69, 9.17) is 5.73 Å². The van der Waals surface area contributed by atoms with Crippen molar-refractivity contribution >= 4 is 0 Å². The molecule has 2 heteroatoms. The Labute approximate surface area is 127 Å². The van der Waals surface area contributed by atoms with Gasteiger partial charge in [0.1, 0.15) is 0 Å². The number of nitrogens with two attached hydrogens (primary N) is 1. The third-order valence-corrected chi connectivity index (χ3v) is 4.52. The number of aryl methyl sites for hydroxylation is 1. The van der Waals surface area contributed by atoms with E-state index < -0.39 is 0 Å². The average Bonchev–Trinajstić information content (AvgIpc) is 2.90. The van der Waals surface area contributed by atoms with Crippen molar-refractivity contribution in [1.82, 2.24) is 4.90 Å². The fourth-order valence-electron chi connectivity index (χ4n) is 3.36. The van der Waals surface area contributed by atoms with Crippen LogP contribution in [0.15, 0.2) is 48.5 Å². The van der Waals surface area contributed by atoms with Crippen LogP contribution >= 0.6 is 0 Å². The van der Waals surface area contributed by atoms with E-state index in [1.54, 1.807) is 0 Å². The van der Waals surface area contributed by atoms with Crippen molar-refractivity contribution in [2.24, 2.45) is 5.73 Å². The summed E-state index contributed by atoms with van der Waals surface area (Å²) in [5, 5.41) is 0. The molecule has 0 spiro atoms. The van der Waals surface area contributed by atoms with Gasteiger partial charge in [-0.1, -0.05) is 61.0 Å². The summed E-state index contributed by atoms with van der Waals surface area (Å²) in [7, 11) is 0. The lowest BCUT2D eigenvalue weighted by molar-refractivity contribution is 0.170. The predicted molar refractivity (Wildman–Crippen MR) is 87.9 cm³/mol. The summed E-state index contributed by atoms with van der Waals surface area (Å²) in [4.78, 5) is 2.52. The molecule has 0 saturated carbocycles. The Balaban J connectivity index is 1.91. The van der Waals surface area contributed by atoms with Crippen LogP contribution in [0.1, 0.15) is 41.6 Å². The van der Waals surface area contributed by atoms with Gasteiger partial charge in [-0.15, -0.1) is 0 Å². The average molecular weight is 280 g/mol. The van der Waals surface area contributed by atoms with E-state index in [1.807, 2.05) is 0 Å². The molecule has 21 heavy (non-hydrogen) atoms. The Hall–Kier alpha value is -1.64. The highest BCUT2D eigenvalue weighted by atomic mass is 15.2. The van der Waals surface area contributed by atoms with Crippen molar-refractivity contribution < 1.29 is 0 Å². The first kappa shape index (κ1) is 14.3. The maximum absolute atomic E-state index is 6.47. The topological polar surface area (TPSA) is 29.3 Å². The minimum atomic E-state index is 0.168. The zero-order chi connectivity index (χ0) is 14.8. The maximum Gasteiger partial charge on any atom is 0.0506 e. The molecule has 0 saturated heterocycles. The summed E-state index contributed by atoms with van der Waals surface area (Å²) in [6.07, 6.45) is 0.992. The van der Waals surface area contributed by atoms with Crippen molar-refractivity contribution in [3.8, 4) is 0 Å². The third-order valence-electron chi connectivity index (χ3n) is 4.52. The molecular weight excluding hydrogens is 256 g/mol. The van der Waals surface area contributed by atoms with Gasteiger partial charge in [0.25, 0.3) is 0 Å². The summed E-state index contributed by atoms with van der Waals surface area (Å²) >= 11 is 0. The van der Waals surface area contributed by atoms with Crippen LogP contribution in [0.3, 0.4) is 0 Å². The van der Waals surface area contributed by atoms with E-state index in [9.17, 15) is 0 Å². The monoisotopic (exact) mass is 280 g/mol. The molecule has 3 rings (SSSR count). The van der Waals surface area contributed by atoms with Crippen LogP contribution in [0, 0.1) is 6.92 Å². The molecule has 2 aromatic rings. The number of benzene rings is 2. The molecule has 2 unspecified atom stereocenters. The second kappa shape index (κ2) is 6.00. The van der Waals surface area contributed by atoms with Crippen LogP contribution in [-0.4, -0.2) is 10.9 Å². The van der Waals surface area contributed by atoms with Gasteiger partial charge in [0.15, 0.2) is 0 Å². The lowest BCUT2D eigenvalue weighted by Crippen LogP contribution is -2.38. The van der Waals surface area contributed by atoms with Crippen molar-refractivity contribution in [2.45, 2.75) is 45.4 Å². The van der Waals surface area contributed by atoms with Crippen LogP contribution in [0.5, 0.6) is 0 Å². The van der Waals surface area contributed by atoms with Gasteiger partial charge in [-0.25, -0.2) is 0 Å². The zero-order valence-electron chi connectivity index (χ0n) is 12.9. The van der Waals surface area contributed by atoms with Crippen molar-refractivity contribution in [2.75, 3.05) is 0 Å². The molecule has 2 atom stereocenters. The van der Waals surface area contributed by atoms with Crippen LogP contribution < -0.4 is 5.73 Å². The zero-order valence-corrected chi connectivity index (χ0v) is 12.9. The minimum absolute atomic E-state index is 0.168. The van der Waals surface area contributed by atoms with Crippen LogP contribution in [0.2, 0.25) is 0 Å². The molecule has 0 aromatic heterocycles. The number of hydrogen-bond acceptors (Lipinski definition) is 2. The summed E-state index contributed by atoms with van der Waals surface area (Å²) in [5.41, 5.74) is 12.0. The molecule has 1 aliphatic heterocycles. The standard InChI is InChI=1S/C19H24N2/c1-3-18(20)19(15-10-6-7-14(2)11-15)21-12-16-8-4-5-9-17(16)13-21/h4-11,18-19H,3,12-13,20H2,1-2H3. The Kier molecular flexibility index (Phi) is 4.09. The van der Waals surface area contributed by atoms with E-state index in [0.717, 1.165) is 19.5 Å². The fourth-order valence-corrected chi connectivity index (χ4v) is 3.36. The highest BCUT2D eigenvalue weighted by Crippen LogP contribution is 2.33. The van der Waals surface area contributed by atoms with E-state index in [2.05, 4.69) is 67.3 Å². The maximum atomic E-state index is 6.47. The molecule has 2 nitrogen and oxygen atoms in total. The molecule has 110 valence electrons. The van der Waals surface area contributed by atoms with E-state index in [0.29, 0.717) is 6.04 Å². The van der Waals surface area contributed by atoms with Gasteiger partial charge in [0.2, 0.25) is 0 Å². The number of rotatable bonds is 4. The quantitative estimate of drug-likeness (QED) is 0.923. The van der Waals surface area contributed by atoms with Gasteiger partial charge < -0.3 is 5.73 Å². The van der Waals surface area contributed by atoms with Gasteiger partial charge in [0, 0.05) is 19.1 Å². The van der Waals surface area contributed by atoms with E-state index in [-0.39, 0.29) is 6.04 Å². The largest absolute Gasteiger partial charge is 0.326 e. The van der Waals surface area contributed by atoms with E-state index >= 15 is 0 Å². The highest BCUT2D eigenvalue weighted by Gasteiger charge is 2.30. The van der Waals surface area contributed by atoms with Crippen molar-refractivity contribution in [3.05, 3.63) is 70.8 Å². The summed E-state index contributed by atoms with van der Waals surface area (Å²) in [5.74, 6) is 0. The van der Waals surface area contributed by atoms with Gasteiger partial charge in [-0.3, -0.25) is 4.90 Å². The summed E-state index contributed by atoms with van der Waals surface area (Å²) in [6.45, 7) is 6.33. The summed E-state index contributed by atoms with van der Waals surface area (Å²) in [6, 6.07) is 18.0. The van der Waals surface area contributed by atoms with Crippen molar-refractivity contribution in [1.29, 1.82) is 0 Å².